The van der Waals surface area contributed by atoms with Gasteiger partial charge in [0.15, 0.2) is 5.69 Å². The van der Waals surface area contributed by atoms with Gasteiger partial charge in [-0.1, -0.05) is 54.6 Å². The second kappa shape index (κ2) is 6.12. The summed E-state index contributed by atoms with van der Waals surface area (Å²) in [5.41, 5.74) is 3.68. The first-order valence-electron chi connectivity index (χ1n) is 6.90. The largest absolute Gasteiger partial charge is 0.464 e. The number of benzene rings is 2. The van der Waals surface area contributed by atoms with E-state index in [2.05, 4.69) is 29.2 Å². The van der Waals surface area contributed by atoms with Gasteiger partial charge in [0.1, 0.15) is 0 Å². The molecule has 0 fully saturated rings. The molecule has 0 spiro atoms. The average Bonchev–Trinajstić information content (AvgIpc) is 2.97. The third-order valence-electron chi connectivity index (χ3n) is 3.37. The number of aryl methyl sites for hydroxylation is 1. The SMILES string of the molecule is COC(=O)c1nc(C)sc1-c1ccc(-c2ccccc2)cc1. The number of nitrogens with zero attached hydrogens (tertiary/aromatic N) is 1. The van der Waals surface area contributed by atoms with Crippen molar-refractivity contribution in [2.45, 2.75) is 6.92 Å². The number of thiazole rings is 1. The van der Waals surface area contributed by atoms with Crippen LogP contribution in [0.4, 0.5) is 0 Å². The lowest BCUT2D eigenvalue weighted by atomic mass is 10.0. The highest BCUT2D eigenvalue weighted by Crippen LogP contribution is 2.32. The van der Waals surface area contributed by atoms with E-state index in [9.17, 15) is 4.79 Å². The fourth-order valence-electron chi connectivity index (χ4n) is 2.30. The number of ether oxygens (including phenoxy) is 1. The zero-order valence-electron chi connectivity index (χ0n) is 12.4. The monoisotopic (exact) mass is 309 g/mol. The van der Waals surface area contributed by atoms with Crippen LogP contribution in [0, 0.1) is 6.92 Å². The molecule has 1 aromatic heterocycles. The summed E-state index contributed by atoms with van der Waals surface area (Å²) in [6.07, 6.45) is 0. The Balaban J connectivity index is 1.99. The summed E-state index contributed by atoms with van der Waals surface area (Å²) in [6, 6.07) is 18.3. The van der Waals surface area contributed by atoms with Gasteiger partial charge in [-0.15, -0.1) is 11.3 Å². The van der Waals surface area contributed by atoms with Gasteiger partial charge in [0.05, 0.1) is 17.0 Å². The minimum absolute atomic E-state index is 0.387. The Labute approximate surface area is 133 Å². The highest BCUT2D eigenvalue weighted by Gasteiger charge is 2.18. The Morgan fingerprint density at radius 3 is 2.18 bits per heavy atom. The van der Waals surface area contributed by atoms with E-state index in [0.717, 1.165) is 21.0 Å². The van der Waals surface area contributed by atoms with Crippen LogP contribution in [0.1, 0.15) is 15.5 Å². The Morgan fingerprint density at radius 2 is 1.55 bits per heavy atom. The van der Waals surface area contributed by atoms with Crippen LogP contribution in [0.25, 0.3) is 21.6 Å². The van der Waals surface area contributed by atoms with Crippen LogP contribution in [0.5, 0.6) is 0 Å². The van der Waals surface area contributed by atoms with Crippen LogP contribution in [-0.2, 0) is 4.74 Å². The summed E-state index contributed by atoms with van der Waals surface area (Å²) in [4.78, 5) is 17.0. The van der Waals surface area contributed by atoms with Gasteiger partial charge in [-0.05, 0) is 23.6 Å². The number of hydrogen-bond acceptors (Lipinski definition) is 4. The fraction of sp³-hybridized carbons (Fsp3) is 0.111. The summed E-state index contributed by atoms with van der Waals surface area (Å²) in [5, 5.41) is 0.850. The highest BCUT2D eigenvalue weighted by molar-refractivity contribution is 7.15. The molecule has 0 unspecified atom stereocenters. The summed E-state index contributed by atoms with van der Waals surface area (Å²) >= 11 is 1.50. The average molecular weight is 309 g/mol. The fourth-order valence-corrected chi connectivity index (χ4v) is 3.21. The van der Waals surface area contributed by atoms with Gasteiger partial charge >= 0.3 is 5.97 Å². The van der Waals surface area contributed by atoms with Gasteiger partial charge in [-0.25, -0.2) is 9.78 Å². The molecule has 0 atom stereocenters. The molecule has 0 amide bonds. The van der Waals surface area contributed by atoms with Crippen molar-refractivity contribution in [1.82, 2.24) is 4.98 Å². The lowest BCUT2D eigenvalue weighted by Crippen LogP contribution is -2.03. The smallest absolute Gasteiger partial charge is 0.358 e. The Bertz CT molecular complexity index is 792. The molecule has 0 aliphatic heterocycles. The molecule has 3 rings (SSSR count). The molecule has 0 aliphatic rings. The van der Waals surface area contributed by atoms with E-state index in [1.807, 2.05) is 37.3 Å². The molecule has 110 valence electrons. The topological polar surface area (TPSA) is 39.2 Å². The van der Waals surface area contributed by atoms with E-state index in [1.54, 1.807) is 0 Å². The molecule has 2 aromatic carbocycles. The Hall–Kier alpha value is -2.46. The number of carbonyl (C=O) groups excluding carboxylic acids is 1. The molecule has 0 radical (unpaired) electrons. The second-order valence-electron chi connectivity index (χ2n) is 4.85. The standard InChI is InChI=1S/C18H15NO2S/c1-12-19-16(18(20)21-2)17(22-12)15-10-8-14(9-11-15)13-6-4-3-5-7-13/h3-11H,1-2H3. The van der Waals surface area contributed by atoms with Crippen LogP contribution in [0.2, 0.25) is 0 Å². The number of rotatable bonds is 3. The Morgan fingerprint density at radius 1 is 0.955 bits per heavy atom. The molecule has 1 heterocycles. The van der Waals surface area contributed by atoms with Crippen molar-refractivity contribution < 1.29 is 9.53 Å². The summed E-state index contributed by atoms with van der Waals surface area (Å²) in [5.74, 6) is -0.397. The first-order chi connectivity index (χ1) is 10.7. The molecular weight excluding hydrogens is 294 g/mol. The minimum Gasteiger partial charge on any atom is -0.464 e. The normalized spacial score (nSPS) is 10.5. The molecule has 0 aliphatic carbocycles. The molecule has 4 heteroatoms. The van der Waals surface area contributed by atoms with Crippen molar-refractivity contribution in [2.75, 3.05) is 7.11 Å². The van der Waals surface area contributed by atoms with Crippen molar-refractivity contribution >= 4 is 17.3 Å². The maximum atomic E-state index is 11.8. The van der Waals surface area contributed by atoms with Gasteiger partial charge in [-0.3, -0.25) is 0 Å². The third-order valence-corrected chi connectivity index (χ3v) is 4.39. The number of hydrogen-bond donors (Lipinski definition) is 0. The minimum atomic E-state index is -0.397. The first kappa shape index (κ1) is 14.5. The summed E-state index contributed by atoms with van der Waals surface area (Å²) < 4.78 is 4.81. The maximum absolute atomic E-state index is 11.8. The van der Waals surface area contributed by atoms with Gasteiger partial charge in [0.2, 0.25) is 0 Å². The maximum Gasteiger partial charge on any atom is 0.358 e. The molecule has 22 heavy (non-hydrogen) atoms. The van der Waals surface area contributed by atoms with Gasteiger partial charge in [0, 0.05) is 0 Å². The number of methoxy groups -OCH3 is 1. The van der Waals surface area contributed by atoms with Crippen LogP contribution in [0.15, 0.2) is 54.6 Å². The van der Waals surface area contributed by atoms with Crippen molar-refractivity contribution in [3.05, 3.63) is 65.3 Å². The van der Waals surface area contributed by atoms with Crippen molar-refractivity contribution in [3.63, 3.8) is 0 Å². The van der Waals surface area contributed by atoms with Crippen molar-refractivity contribution in [3.8, 4) is 21.6 Å². The summed E-state index contributed by atoms with van der Waals surface area (Å²) in [7, 11) is 1.37. The first-order valence-corrected chi connectivity index (χ1v) is 7.72. The molecule has 0 saturated heterocycles. The van der Waals surface area contributed by atoms with E-state index in [-0.39, 0.29) is 0 Å². The van der Waals surface area contributed by atoms with E-state index >= 15 is 0 Å². The van der Waals surface area contributed by atoms with Crippen molar-refractivity contribution in [1.29, 1.82) is 0 Å². The summed E-state index contributed by atoms with van der Waals surface area (Å²) in [6.45, 7) is 1.89. The molecule has 3 aromatic rings. The molecule has 3 nitrogen and oxygen atoms in total. The molecular formula is C18H15NO2S. The Kier molecular flexibility index (Phi) is 4.02. The van der Waals surface area contributed by atoms with Crippen molar-refractivity contribution in [2.24, 2.45) is 0 Å². The predicted octanol–water partition coefficient (Wildman–Crippen LogP) is 4.57. The lowest BCUT2D eigenvalue weighted by Gasteiger charge is -2.04. The zero-order valence-corrected chi connectivity index (χ0v) is 13.2. The van der Waals surface area contributed by atoms with Crippen LogP contribution < -0.4 is 0 Å². The quantitative estimate of drug-likeness (QED) is 0.665. The molecule has 0 saturated carbocycles. The zero-order chi connectivity index (χ0) is 15.5. The van der Waals surface area contributed by atoms with Gasteiger partial charge in [-0.2, -0.15) is 0 Å². The van der Waals surface area contributed by atoms with Gasteiger partial charge < -0.3 is 4.74 Å². The van der Waals surface area contributed by atoms with Crippen LogP contribution in [0.3, 0.4) is 0 Å². The second-order valence-corrected chi connectivity index (χ2v) is 6.05. The van der Waals surface area contributed by atoms with Gasteiger partial charge in [0.25, 0.3) is 0 Å². The van der Waals surface area contributed by atoms with E-state index in [1.165, 1.54) is 24.0 Å². The predicted molar refractivity (Wildman–Crippen MR) is 89.1 cm³/mol. The van der Waals surface area contributed by atoms with E-state index < -0.39 is 5.97 Å². The van der Waals surface area contributed by atoms with Crippen LogP contribution >= 0.6 is 11.3 Å². The molecule has 0 bridgehead atoms. The third kappa shape index (κ3) is 2.78. The number of aromatic nitrogens is 1. The van der Waals surface area contributed by atoms with E-state index in [4.69, 9.17) is 4.74 Å². The van der Waals surface area contributed by atoms with Crippen LogP contribution in [-0.4, -0.2) is 18.1 Å². The molecule has 0 N–H and O–H groups in total. The lowest BCUT2D eigenvalue weighted by molar-refractivity contribution is 0.0595. The number of esters is 1. The number of carbonyl (C=O) groups is 1. The highest BCUT2D eigenvalue weighted by atomic mass is 32.1. The van der Waals surface area contributed by atoms with E-state index in [0.29, 0.717) is 5.69 Å².